The molecule has 0 radical (unpaired) electrons. The molecule has 5 N–H and O–H groups in total. The van der Waals surface area contributed by atoms with Crippen molar-refractivity contribution in [1.82, 2.24) is 15.5 Å². The average Bonchev–Trinajstić information content (AvgIpc) is 3.67. The number of aromatic nitrogens is 2. The molecular formula is C45H50Cl2F2N4O9. The maximum atomic E-state index is 14.2. The van der Waals surface area contributed by atoms with Gasteiger partial charge in [0.05, 0.1) is 30.7 Å². The number of ether oxygens (including phenoxy) is 3. The van der Waals surface area contributed by atoms with Crippen molar-refractivity contribution in [1.29, 1.82) is 0 Å². The molecule has 5 aromatic rings. The molecule has 0 saturated heterocycles. The second kappa shape index (κ2) is 22.6. The van der Waals surface area contributed by atoms with Gasteiger partial charge in [0.1, 0.15) is 11.6 Å². The van der Waals surface area contributed by atoms with Crippen molar-refractivity contribution in [2.45, 2.75) is 58.5 Å². The standard InChI is InChI=1S/C23H23ClFN3O6.C22H27ClFNO3/c1-23(12-33-2,21(30)31)11-16(26-20(29)19-27-22(32)34-28-19)9-13-3-5-14(6-4-13)17-10-15(24)7-8-18(17)25;1-4-28-21(26)22(2,14-27-3)13-18(25)11-15-5-7-16(8-6-15)19-12-17(23)9-10-20(19)24/h3-8,10,16H,9,11-12H2,1-2H3,(H,26,29)(H,30,31)(H,27,28,32);5-10,12,18H,4,11,13-14,25H2,1-3H3/t16-,23+;18-,22+/m11/s1. The Morgan fingerprint density at radius 2 is 1.32 bits per heavy atom. The van der Waals surface area contributed by atoms with Crippen molar-refractivity contribution in [3.05, 3.63) is 134 Å². The molecule has 0 fully saturated rings. The number of aliphatic carboxylic acids is 1. The summed E-state index contributed by atoms with van der Waals surface area (Å²) in [6.07, 6.45) is 1.29. The summed E-state index contributed by atoms with van der Waals surface area (Å²) in [7, 11) is 2.94. The second-order valence-corrected chi connectivity index (χ2v) is 16.2. The van der Waals surface area contributed by atoms with Crippen LogP contribution in [-0.2, 0) is 36.6 Å². The molecular weight excluding hydrogens is 849 g/mol. The largest absolute Gasteiger partial charge is 0.481 e. The van der Waals surface area contributed by atoms with E-state index in [0.29, 0.717) is 46.2 Å². The van der Waals surface area contributed by atoms with Gasteiger partial charge in [-0.05, 0) is 110 Å². The number of esters is 1. The summed E-state index contributed by atoms with van der Waals surface area (Å²) in [4.78, 5) is 50.1. The predicted octanol–water partition coefficient (Wildman–Crippen LogP) is 7.91. The van der Waals surface area contributed by atoms with E-state index in [1.165, 1.54) is 44.4 Å². The van der Waals surface area contributed by atoms with Crippen LogP contribution in [0.1, 0.15) is 55.4 Å². The fraction of sp³-hybridized carbons (Fsp3) is 0.356. The first-order valence-electron chi connectivity index (χ1n) is 19.5. The van der Waals surface area contributed by atoms with Crippen LogP contribution in [0.4, 0.5) is 8.78 Å². The van der Waals surface area contributed by atoms with E-state index in [4.69, 9.17) is 43.1 Å². The number of benzene rings is 4. The quantitative estimate of drug-likeness (QED) is 0.0588. The summed E-state index contributed by atoms with van der Waals surface area (Å²) in [6.45, 7) is 5.57. The molecule has 0 aliphatic carbocycles. The van der Waals surface area contributed by atoms with Gasteiger partial charge in [-0.3, -0.25) is 23.9 Å². The topological polar surface area (TPSA) is 196 Å². The maximum Gasteiger partial charge on any atom is 0.439 e. The molecule has 4 aromatic carbocycles. The number of carboxylic acid groups (broad SMARTS) is 1. The molecule has 62 heavy (non-hydrogen) atoms. The minimum atomic E-state index is -1.30. The number of halogens is 4. The Morgan fingerprint density at radius 3 is 1.77 bits per heavy atom. The highest BCUT2D eigenvalue weighted by Gasteiger charge is 2.38. The van der Waals surface area contributed by atoms with Gasteiger partial charge in [0.15, 0.2) is 0 Å². The number of carbonyl (C=O) groups excluding carboxylic acids is 2. The zero-order chi connectivity index (χ0) is 45.6. The Morgan fingerprint density at radius 1 is 0.823 bits per heavy atom. The summed E-state index contributed by atoms with van der Waals surface area (Å²) in [5.74, 6) is -4.07. The minimum absolute atomic E-state index is 0.0225. The first-order chi connectivity index (χ1) is 29.4. The number of hydrogen-bond acceptors (Lipinski definition) is 10. The van der Waals surface area contributed by atoms with Crippen LogP contribution in [0.2, 0.25) is 10.0 Å². The third kappa shape index (κ3) is 13.8. The number of H-pyrrole nitrogens is 1. The molecule has 1 heterocycles. The molecule has 0 aliphatic heterocycles. The number of nitrogens with one attached hydrogen (secondary N) is 2. The number of methoxy groups -OCH3 is 2. The van der Waals surface area contributed by atoms with E-state index in [1.54, 1.807) is 51.3 Å². The van der Waals surface area contributed by atoms with Crippen molar-refractivity contribution in [3.8, 4) is 22.3 Å². The zero-order valence-corrected chi connectivity index (χ0v) is 36.4. The van der Waals surface area contributed by atoms with Crippen LogP contribution in [0, 0.1) is 22.5 Å². The normalized spacial score (nSPS) is 14.0. The van der Waals surface area contributed by atoms with Gasteiger partial charge < -0.3 is 30.4 Å². The van der Waals surface area contributed by atoms with E-state index in [2.05, 4.69) is 20.0 Å². The van der Waals surface area contributed by atoms with Crippen LogP contribution in [0.15, 0.2) is 94.2 Å². The molecule has 0 unspecified atom stereocenters. The van der Waals surface area contributed by atoms with Gasteiger partial charge in [-0.2, -0.15) is 0 Å². The molecule has 0 saturated carbocycles. The number of nitrogens with two attached hydrogens (primary N) is 1. The number of hydrogen-bond donors (Lipinski definition) is 4. The Hall–Kier alpha value is -5.45. The van der Waals surface area contributed by atoms with Gasteiger partial charge >= 0.3 is 17.7 Å². The second-order valence-electron chi connectivity index (χ2n) is 15.3. The Labute approximate surface area is 367 Å². The Kier molecular flexibility index (Phi) is 17.9. The summed E-state index contributed by atoms with van der Waals surface area (Å²) < 4.78 is 48.1. The van der Waals surface area contributed by atoms with E-state index < -0.39 is 40.3 Å². The number of nitrogens with zero attached hydrogens (tertiary/aromatic N) is 1. The lowest BCUT2D eigenvalue weighted by Crippen LogP contribution is -2.44. The van der Waals surface area contributed by atoms with Gasteiger partial charge in [0, 0.05) is 47.5 Å². The van der Waals surface area contributed by atoms with E-state index in [-0.39, 0.29) is 49.7 Å². The number of aromatic amines is 1. The first kappa shape index (κ1) is 49.2. The summed E-state index contributed by atoms with van der Waals surface area (Å²) in [5, 5.41) is 16.7. The van der Waals surface area contributed by atoms with Gasteiger partial charge in [-0.15, -0.1) is 0 Å². The van der Waals surface area contributed by atoms with Gasteiger partial charge in [0.2, 0.25) is 5.82 Å². The van der Waals surface area contributed by atoms with Crippen molar-refractivity contribution in [2.24, 2.45) is 16.6 Å². The highest BCUT2D eigenvalue weighted by Crippen LogP contribution is 2.31. The Bertz CT molecular complexity index is 2340. The lowest BCUT2D eigenvalue weighted by molar-refractivity contribution is -0.158. The lowest BCUT2D eigenvalue weighted by Gasteiger charge is -2.29. The van der Waals surface area contributed by atoms with Crippen LogP contribution in [-0.4, -0.2) is 79.2 Å². The molecule has 13 nitrogen and oxygen atoms in total. The predicted molar refractivity (Wildman–Crippen MR) is 231 cm³/mol. The molecule has 0 spiro atoms. The lowest BCUT2D eigenvalue weighted by atomic mass is 9.82. The van der Waals surface area contributed by atoms with Gasteiger partial charge in [-0.1, -0.05) is 71.7 Å². The molecule has 332 valence electrons. The molecule has 17 heteroatoms. The van der Waals surface area contributed by atoms with Crippen molar-refractivity contribution < 1.29 is 47.0 Å². The van der Waals surface area contributed by atoms with E-state index >= 15 is 0 Å². The van der Waals surface area contributed by atoms with Gasteiger partial charge in [0.25, 0.3) is 5.91 Å². The Balaban J connectivity index is 0.000000278. The summed E-state index contributed by atoms with van der Waals surface area (Å²) in [5.41, 5.74) is 8.13. The molecule has 1 amide bonds. The number of rotatable bonds is 19. The van der Waals surface area contributed by atoms with E-state index in [0.717, 1.165) is 16.7 Å². The molecule has 5 rings (SSSR count). The zero-order valence-electron chi connectivity index (χ0n) is 34.9. The van der Waals surface area contributed by atoms with Crippen LogP contribution in [0.5, 0.6) is 0 Å². The van der Waals surface area contributed by atoms with Gasteiger partial charge in [-0.25, -0.2) is 13.6 Å². The number of carbonyl (C=O) groups is 3. The van der Waals surface area contributed by atoms with E-state index in [1.807, 2.05) is 24.3 Å². The monoisotopic (exact) mass is 898 g/mol. The third-order valence-electron chi connectivity index (χ3n) is 9.98. The van der Waals surface area contributed by atoms with Crippen LogP contribution >= 0.6 is 23.2 Å². The molecule has 1 aromatic heterocycles. The fourth-order valence-electron chi connectivity index (χ4n) is 6.97. The minimum Gasteiger partial charge on any atom is -0.481 e. The highest BCUT2D eigenvalue weighted by molar-refractivity contribution is 6.31. The summed E-state index contributed by atoms with van der Waals surface area (Å²) >= 11 is 12.0. The van der Waals surface area contributed by atoms with Crippen molar-refractivity contribution >= 4 is 41.0 Å². The molecule has 0 bridgehead atoms. The van der Waals surface area contributed by atoms with Crippen molar-refractivity contribution in [2.75, 3.05) is 34.0 Å². The number of amides is 1. The van der Waals surface area contributed by atoms with Crippen LogP contribution in [0.25, 0.3) is 22.3 Å². The van der Waals surface area contributed by atoms with Crippen molar-refractivity contribution in [3.63, 3.8) is 0 Å². The van der Waals surface area contributed by atoms with E-state index in [9.17, 15) is 33.1 Å². The highest BCUT2D eigenvalue weighted by atomic mass is 35.5. The fourth-order valence-corrected chi connectivity index (χ4v) is 7.31. The third-order valence-corrected chi connectivity index (χ3v) is 10.4. The molecule has 4 atom stereocenters. The average molecular weight is 900 g/mol. The van der Waals surface area contributed by atoms with Crippen LogP contribution < -0.4 is 16.8 Å². The first-order valence-corrected chi connectivity index (χ1v) is 20.3. The SMILES string of the molecule is CCOC(=O)[C@](C)(COC)C[C@H](N)Cc1ccc(-c2cc(Cl)ccc2F)cc1.COC[C@](C)(C[C@@H](Cc1ccc(-c2cc(Cl)ccc2F)cc1)NC(=O)c1noc(=O)[nH]1)C(=O)O. The maximum absolute atomic E-state index is 14.2. The smallest absolute Gasteiger partial charge is 0.439 e. The molecule has 0 aliphatic rings. The number of carboxylic acids is 1. The summed E-state index contributed by atoms with van der Waals surface area (Å²) in [6, 6.07) is 22.3. The van der Waals surface area contributed by atoms with Crippen LogP contribution in [0.3, 0.4) is 0 Å².